The number of nitrogens with zero attached hydrogens (tertiary/aromatic N) is 2. The van der Waals surface area contributed by atoms with Crippen molar-refractivity contribution in [3.05, 3.63) is 40.5 Å². The van der Waals surface area contributed by atoms with Gasteiger partial charge in [0.1, 0.15) is 5.82 Å². The van der Waals surface area contributed by atoms with E-state index in [2.05, 4.69) is 31.7 Å². The number of rotatable bonds is 3. The van der Waals surface area contributed by atoms with Gasteiger partial charge in [-0.25, -0.2) is 4.68 Å². The van der Waals surface area contributed by atoms with E-state index in [0.29, 0.717) is 0 Å². The van der Waals surface area contributed by atoms with E-state index < -0.39 is 0 Å². The molecule has 0 aliphatic carbocycles. The van der Waals surface area contributed by atoms with Crippen LogP contribution in [0.5, 0.6) is 0 Å². The molecule has 1 aromatic carbocycles. The summed E-state index contributed by atoms with van der Waals surface area (Å²) >= 11 is 3.47. The molecule has 0 atom stereocenters. The van der Waals surface area contributed by atoms with Gasteiger partial charge in [0.05, 0.1) is 11.4 Å². The molecule has 0 bridgehead atoms. The number of halogens is 1. The zero-order valence-electron chi connectivity index (χ0n) is 12.5. The second kappa shape index (κ2) is 6.62. The lowest BCUT2D eigenvalue weighted by molar-refractivity contribution is -0.120. The van der Waals surface area contributed by atoms with Gasteiger partial charge >= 0.3 is 0 Å². The number of hydrogen-bond donors (Lipinski definition) is 2. The number of anilines is 1. The normalized spacial score (nSPS) is 15.7. The third-order valence-electron chi connectivity index (χ3n) is 3.85. The minimum Gasteiger partial charge on any atom is -0.317 e. The number of benzene rings is 1. The fraction of sp³-hybridized carbons (Fsp3) is 0.375. The van der Waals surface area contributed by atoms with E-state index in [-0.39, 0.29) is 11.8 Å². The van der Waals surface area contributed by atoms with Gasteiger partial charge < -0.3 is 10.6 Å². The van der Waals surface area contributed by atoms with Crippen LogP contribution in [0.15, 0.2) is 34.8 Å². The maximum atomic E-state index is 12.4. The molecule has 2 heterocycles. The lowest BCUT2D eigenvalue weighted by atomic mass is 9.97. The summed E-state index contributed by atoms with van der Waals surface area (Å²) in [4.78, 5) is 12.4. The van der Waals surface area contributed by atoms with Gasteiger partial charge in [-0.3, -0.25) is 4.79 Å². The topological polar surface area (TPSA) is 59.0 Å². The van der Waals surface area contributed by atoms with E-state index in [9.17, 15) is 4.79 Å². The Balaban J connectivity index is 1.83. The Hall–Kier alpha value is -1.66. The molecule has 1 amide bonds. The van der Waals surface area contributed by atoms with Gasteiger partial charge in [-0.15, -0.1) is 0 Å². The first-order chi connectivity index (χ1) is 10.6. The summed E-state index contributed by atoms with van der Waals surface area (Å²) in [5, 5.41) is 10.8. The molecule has 3 rings (SSSR count). The van der Waals surface area contributed by atoms with Gasteiger partial charge in [-0.1, -0.05) is 22.0 Å². The molecule has 5 nitrogen and oxygen atoms in total. The average molecular weight is 363 g/mol. The van der Waals surface area contributed by atoms with Crippen LogP contribution in [0.3, 0.4) is 0 Å². The summed E-state index contributed by atoms with van der Waals surface area (Å²) in [5.41, 5.74) is 1.80. The van der Waals surface area contributed by atoms with Crippen LogP contribution >= 0.6 is 15.9 Å². The predicted molar refractivity (Wildman–Crippen MR) is 90.2 cm³/mol. The molecular formula is C16H19BrN4O. The standard InChI is InChI=1S/C16H19BrN4O/c1-11-9-15(19-16(22)12-5-7-18-8-6-12)21(20-11)14-4-2-3-13(17)10-14/h2-4,9-10,12,18H,5-8H2,1H3,(H,19,22). The third-order valence-corrected chi connectivity index (χ3v) is 4.34. The van der Waals surface area contributed by atoms with Crippen LogP contribution < -0.4 is 10.6 Å². The molecule has 0 spiro atoms. The smallest absolute Gasteiger partial charge is 0.228 e. The van der Waals surface area contributed by atoms with E-state index in [1.807, 2.05) is 37.3 Å². The Bertz CT molecular complexity index is 677. The van der Waals surface area contributed by atoms with Crippen molar-refractivity contribution in [1.82, 2.24) is 15.1 Å². The summed E-state index contributed by atoms with van der Waals surface area (Å²) in [5.74, 6) is 0.879. The van der Waals surface area contributed by atoms with Crippen molar-refractivity contribution in [2.24, 2.45) is 5.92 Å². The maximum absolute atomic E-state index is 12.4. The molecule has 22 heavy (non-hydrogen) atoms. The maximum Gasteiger partial charge on any atom is 0.228 e. The fourth-order valence-electron chi connectivity index (χ4n) is 2.71. The first kappa shape index (κ1) is 15.2. The molecule has 1 fully saturated rings. The summed E-state index contributed by atoms with van der Waals surface area (Å²) in [6.45, 7) is 3.73. The summed E-state index contributed by atoms with van der Waals surface area (Å²) < 4.78 is 2.76. The number of aryl methyl sites for hydroxylation is 1. The Labute approximate surface area is 138 Å². The number of aromatic nitrogens is 2. The van der Waals surface area contributed by atoms with E-state index in [1.54, 1.807) is 4.68 Å². The van der Waals surface area contributed by atoms with Crippen molar-refractivity contribution in [1.29, 1.82) is 0 Å². The zero-order chi connectivity index (χ0) is 15.5. The number of piperidine rings is 1. The minimum absolute atomic E-state index is 0.0763. The molecule has 2 aromatic rings. The molecule has 1 aliphatic rings. The molecule has 6 heteroatoms. The Morgan fingerprint density at radius 1 is 1.36 bits per heavy atom. The molecule has 1 aliphatic heterocycles. The van der Waals surface area contributed by atoms with Crippen LogP contribution in [-0.2, 0) is 4.79 Å². The molecule has 2 N–H and O–H groups in total. The van der Waals surface area contributed by atoms with E-state index in [4.69, 9.17) is 0 Å². The monoisotopic (exact) mass is 362 g/mol. The first-order valence-corrected chi connectivity index (χ1v) is 8.27. The number of carbonyl (C=O) groups is 1. The fourth-order valence-corrected chi connectivity index (χ4v) is 3.09. The van der Waals surface area contributed by atoms with Crippen LogP contribution in [0.4, 0.5) is 5.82 Å². The lowest BCUT2D eigenvalue weighted by Gasteiger charge is -2.21. The molecule has 0 radical (unpaired) electrons. The average Bonchev–Trinajstić information content (AvgIpc) is 2.89. The Morgan fingerprint density at radius 3 is 2.86 bits per heavy atom. The Morgan fingerprint density at radius 2 is 2.14 bits per heavy atom. The number of nitrogens with one attached hydrogen (secondary N) is 2. The van der Waals surface area contributed by atoms with Crippen molar-refractivity contribution < 1.29 is 4.79 Å². The van der Waals surface area contributed by atoms with Crippen LogP contribution in [0, 0.1) is 12.8 Å². The highest BCUT2D eigenvalue weighted by Gasteiger charge is 2.22. The molecular weight excluding hydrogens is 344 g/mol. The van der Waals surface area contributed by atoms with Gasteiger partial charge in [0.15, 0.2) is 0 Å². The number of hydrogen-bond acceptors (Lipinski definition) is 3. The molecule has 116 valence electrons. The lowest BCUT2D eigenvalue weighted by Crippen LogP contribution is -2.35. The SMILES string of the molecule is Cc1cc(NC(=O)C2CCNCC2)n(-c2cccc(Br)c2)n1. The van der Waals surface area contributed by atoms with Crippen LogP contribution in [0.1, 0.15) is 18.5 Å². The summed E-state index contributed by atoms with van der Waals surface area (Å²) in [6, 6.07) is 9.77. The summed E-state index contributed by atoms with van der Waals surface area (Å²) in [6.07, 6.45) is 1.77. The van der Waals surface area contributed by atoms with E-state index in [0.717, 1.165) is 47.6 Å². The van der Waals surface area contributed by atoms with Crippen molar-refractivity contribution in [2.75, 3.05) is 18.4 Å². The zero-order valence-corrected chi connectivity index (χ0v) is 14.1. The largest absolute Gasteiger partial charge is 0.317 e. The highest BCUT2D eigenvalue weighted by atomic mass is 79.9. The van der Waals surface area contributed by atoms with Gasteiger partial charge in [0, 0.05) is 16.5 Å². The second-order valence-corrected chi connectivity index (χ2v) is 6.49. The van der Waals surface area contributed by atoms with Crippen LogP contribution in [0.2, 0.25) is 0 Å². The molecule has 0 unspecified atom stereocenters. The van der Waals surface area contributed by atoms with E-state index in [1.165, 1.54) is 0 Å². The van der Waals surface area contributed by atoms with Crippen molar-refractivity contribution in [2.45, 2.75) is 19.8 Å². The summed E-state index contributed by atoms with van der Waals surface area (Å²) in [7, 11) is 0. The van der Waals surface area contributed by atoms with Crippen LogP contribution in [0.25, 0.3) is 5.69 Å². The van der Waals surface area contributed by atoms with Crippen LogP contribution in [-0.4, -0.2) is 28.8 Å². The quantitative estimate of drug-likeness (QED) is 0.882. The predicted octanol–water partition coefficient (Wildman–Crippen LogP) is 2.88. The molecule has 1 saturated heterocycles. The van der Waals surface area contributed by atoms with Crippen molar-refractivity contribution >= 4 is 27.7 Å². The Kier molecular flexibility index (Phi) is 4.59. The highest BCUT2D eigenvalue weighted by molar-refractivity contribution is 9.10. The van der Waals surface area contributed by atoms with Gasteiger partial charge in [-0.2, -0.15) is 5.10 Å². The van der Waals surface area contributed by atoms with Gasteiger partial charge in [0.25, 0.3) is 0 Å². The second-order valence-electron chi connectivity index (χ2n) is 5.58. The first-order valence-electron chi connectivity index (χ1n) is 7.47. The molecule has 0 saturated carbocycles. The van der Waals surface area contributed by atoms with Gasteiger partial charge in [-0.05, 0) is 51.1 Å². The van der Waals surface area contributed by atoms with Crippen molar-refractivity contribution in [3.8, 4) is 5.69 Å². The minimum atomic E-state index is 0.0763. The third kappa shape index (κ3) is 3.39. The number of carbonyl (C=O) groups excluding carboxylic acids is 1. The van der Waals surface area contributed by atoms with Crippen molar-refractivity contribution in [3.63, 3.8) is 0 Å². The number of amides is 1. The van der Waals surface area contributed by atoms with E-state index >= 15 is 0 Å². The van der Waals surface area contributed by atoms with Gasteiger partial charge in [0.2, 0.25) is 5.91 Å². The molecule has 1 aromatic heterocycles. The highest BCUT2D eigenvalue weighted by Crippen LogP contribution is 2.22.